The lowest BCUT2D eigenvalue weighted by atomic mass is 10.3. The first-order valence-corrected chi connectivity index (χ1v) is 3.25. The van der Waals surface area contributed by atoms with Gasteiger partial charge in [-0.2, -0.15) is 0 Å². The Kier molecular flexibility index (Phi) is 1.03. The highest BCUT2D eigenvalue weighted by molar-refractivity contribution is 5.96. The first-order valence-electron chi connectivity index (χ1n) is 3.25. The molecule has 4 nitrogen and oxygen atoms in total. The molecule has 0 fully saturated rings. The average molecular weight is 148 g/mol. The van der Waals surface area contributed by atoms with Crippen LogP contribution in [-0.4, -0.2) is 9.97 Å². The topological polar surface area (TPSA) is 80.7 Å². The second-order valence-electron chi connectivity index (χ2n) is 2.37. The van der Waals surface area contributed by atoms with Gasteiger partial charge in [0.2, 0.25) is 0 Å². The van der Waals surface area contributed by atoms with Gasteiger partial charge in [0, 0.05) is 11.6 Å². The van der Waals surface area contributed by atoms with Crippen LogP contribution >= 0.6 is 0 Å². The van der Waals surface area contributed by atoms with Gasteiger partial charge in [-0.1, -0.05) is 0 Å². The highest BCUT2D eigenvalue weighted by atomic mass is 14.9. The zero-order valence-corrected chi connectivity index (χ0v) is 5.83. The van der Waals surface area contributed by atoms with Crippen molar-refractivity contribution in [3.63, 3.8) is 0 Å². The van der Waals surface area contributed by atoms with Gasteiger partial charge < -0.3 is 16.5 Å². The van der Waals surface area contributed by atoms with Crippen LogP contribution in [0.15, 0.2) is 18.5 Å². The smallest absolute Gasteiger partial charge is 0.125 e. The van der Waals surface area contributed by atoms with Crippen molar-refractivity contribution in [3.05, 3.63) is 18.5 Å². The molecule has 0 unspecified atom stereocenters. The maximum atomic E-state index is 5.65. The van der Waals surface area contributed by atoms with Crippen molar-refractivity contribution < 1.29 is 0 Å². The molecule has 0 radical (unpaired) electrons. The van der Waals surface area contributed by atoms with Gasteiger partial charge in [-0.25, -0.2) is 0 Å². The molecule has 0 aliphatic rings. The zero-order chi connectivity index (χ0) is 7.84. The van der Waals surface area contributed by atoms with Crippen molar-refractivity contribution in [1.29, 1.82) is 0 Å². The number of hydrogen-bond donors (Lipinski definition) is 3. The SMILES string of the molecule is Nc1[nH]c2cnccc2c1N. The van der Waals surface area contributed by atoms with E-state index >= 15 is 0 Å². The molecule has 5 N–H and O–H groups in total. The summed E-state index contributed by atoms with van der Waals surface area (Å²) >= 11 is 0. The third kappa shape index (κ3) is 0.724. The minimum absolute atomic E-state index is 0.507. The number of nitrogens with two attached hydrogens (primary N) is 2. The summed E-state index contributed by atoms with van der Waals surface area (Å²) in [7, 11) is 0. The fourth-order valence-corrected chi connectivity index (χ4v) is 1.09. The predicted octanol–water partition coefficient (Wildman–Crippen LogP) is 0.727. The fourth-order valence-electron chi connectivity index (χ4n) is 1.09. The van der Waals surface area contributed by atoms with Crippen LogP contribution in [0.4, 0.5) is 11.5 Å². The number of nitrogens with zero attached hydrogens (tertiary/aromatic N) is 1. The minimum Gasteiger partial charge on any atom is -0.395 e. The molecule has 2 aromatic heterocycles. The summed E-state index contributed by atoms with van der Waals surface area (Å²) in [4.78, 5) is 6.84. The average Bonchev–Trinajstić information content (AvgIpc) is 2.30. The number of aromatic amines is 1. The van der Waals surface area contributed by atoms with E-state index in [2.05, 4.69) is 9.97 Å². The molecule has 0 aliphatic carbocycles. The molecule has 11 heavy (non-hydrogen) atoms. The van der Waals surface area contributed by atoms with Gasteiger partial charge in [0.05, 0.1) is 17.4 Å². The third-order valence-electron chi connectivity index (χ3n) is 1.67. The molecule has 0 spiro atoms. The Hall–Kier alpha value is -1.71. The van der Waals surface area contributed by atoms with Gasteiger partial charge in [0.15, 0.2) is 0 Å². The molecule has 2 aromatic rings. The maximum Gasteiger partial charge on any atom is 0.125 e. The van der Waals surface area contributed by atoms with Gasteiger partial charge in [0.25, 0.3) is 0 Å². The number of aromatic nitrogens is 2. The number of H-pyrrole nitrogens is 1. The molecule has 0 aliphatic heterocycles. The summed E-state index contributed by atoms with van der Waals surface area (Å²) in [5, 5.41) is 0.928. The number of anilines is 2. The lowest BCUT2D eigenvalue weighted by Gasteiger charge is -1.87. The van der Waals surface area contributed by atoms with Crippen molar-refractivity contribution in [2.24, 2.45) is 0 Å². The quantitative estimate of drug-likeness (QED) is 0.515. The first-order chi connectivity index (χ1) is 5.29. The Bertz CT molecular complexity index is 390. The highest BCUT2D eigenvalue weighted by Gasteiger charge is 2.03. The molecule has 0 saturated heterocycles. The first kappa shape index (κ1) is 6.03. The predicted molar refractivity (Wildman–Crippen MR) is 44.9 cm³/mol. The Morgan fingerprint density at radius 3 is 2.91 bits per heavy atom. The van der Waals surface area contributed by atoms with Gasteiger partial charge >= 0.3 is 0 Å². The lowest BCUT2D eigenvalue weighted by Crippen LogP contribution is -1.90. The van der Waals surface area contributed by atoms with E-state index in [0.29, 0.717) is 11.5 Å². The summed E-state index contributed by atoms with van der Waals surface area (Å²) in [6, 6.07) is 1.83. The van der Waals surface area contributed by atoms with Crippen LogP contribution in [0.5, 0.6) is 0 Å². The van der Waals surface area contributed by atoms with E-state index in [1.807, 2.05) is 6.07 Å². The van der Waals surface area contributed by atoms with Crippen molar-refractivity contribution in [3.8, 4) is 0 Å². The molecule has 2 heterocycles. The van der Waals surface area contributed by atoms with Crippen LogP contribution < -0.4 is 11.5 Å². The van der Waals surface area contributed by atoms with Crippen LogP contribution in [0.2, 0.25) is 0 Å². The van der Waals surface area contributed by atoms with Gasteiger partial charge in [-0.05, 0) is 6.07 Å². The molecule has 4 heteroatoms. The molecule has 0 bridgehead atoms. The van der Waals surface area contributed by atoms with E-state index in [9.17, 15) is 0 Å². The molecule has 0 atom stereocenters. The standard InChI is InChI=1S/C7H8N4/c8-6-4-1-2-10-3-5(4)11-7(6)9/h1-3,11H,8-9H2. The van der Waals surface area contributed by atoms with E-state index < -0.39 is 0 Å². The minimum atomic E-state index is 0.507. The van der Waals surface area contributed by atoms with Crippen molar-refractivity contribution >= 4 is 22.4 Å². The van der Waals surface area contributed by atoms with E-state index in [0.717, 1.165) is 10.9 Å². The monoisotopic (exact) mass is 148 g/mol. The van der Waals surface area contributed by atoms with E-state index in [1.54, 1.807) is 12.4 Å². The van der Waals surface area contributed by atoms with Crippen molar-refractivity contribution in [2.45, 2.75) is 0 Å². The van der Waals surface area contributed by atoms with Crippen molar-refractivity contribution in [1.82, 2.24) is 9.97 Å². The number of nitrogens with one attached hydrogen (secondary N) is 1. The number of pyridine rings is 1. The molecule has 56 valence electrons. The second kappa shape index (κ2) is 1.88. The van der Waals surface area contributed by atoms with E-state index in [1.165, 1.54) is 0 Å². The van der Waals surface area contributed by atoms with Crippen LogP contribution in [0, 0.1) is 0 Å². The molecular formula is C7H8N4. The molecule has 0 saturated carbocycles. The maximum absolute atomic E-state index is 5.65. The number of rotatable bonds is 0. The van der Waals surface area contributed by atoms with Gasteiger partial charge in [-0.3, -0.25) is 4.98 Å². The largest absolute Gasteiger partial charge is 0.395 e. The number of hydrogen-bond acceptors (Lipinski definition) is 3. The van der Waals surface area contributed by atoms with Crippen LogP contribution in [0.25, 0.3) is 10.9 Å². The Balaban J connectivity index is 2.92. The number of nitrogen functional groups attached to an aromatic ring is 2. The summed E-state index contributed by atoms with van der Waals surface area (Å²) in [6.07, 6.45) is 3.38. The summed E-state index contributed by atoms with van der Waals surface area (Å²) in [6.45, 7) is 0. The van der Waals surface area contributed by atoms with E-state index in [-0.39, 0.29) is 0 Å². The Morgan fingerprint density at radius 2 is 2.18 bits per heavy atom. The van der Waals surface area contributed by atoms with Gasteiger partial charge in [0.1, 0.15) is 5.82 Å². The highest BCUT2D eigenvalue weighted by Crippen LogP contribution is 2.24. The lowest BCUT2D eigenvalue weighted by molar-refractivity contribution is 1.34. The van der Waals surface area contributed by atoms with Crippen LogP contribution in [-0.2, 0) is 0 Å². The summed E-state index contributed by atoms with van der Waals surface area (Å²) in [5.74, 6) is 0.507. The fraction of sp³-hybridized carbons (Fsp3) is 0. The second-order valence-corrected chi connectivity index (χ2v) is 2.37. The molecule has 2 rings (SSSR count). The third-order valence-corrected chi connectivity index (χ3v) is 1.67. The zero-order valence-electron chi connectivity index (χ0n) is 5.83. The normalized spacial score (nSPS) is 10.5. The Morgan fingerprint density at radius 1 is 1.36 bits per heavy atom. The van der Waals surface area contributed by atoms with Crippen LogP contribution in [0.1, 0.15) is 0 Å². The molecular weight excluding hydrogens is 140 g/mol. The van der Waals surface area contributed by atoms with Crippen LogP contribution in [0.3, 0.4) is 0 Å². The Labute approximate surface area is 63.2 Å². The summed E-state index contributed by atoms with van der Waals surface area (Å²) < 4.78 is 0. The van der Waals surface area contributed by atoms with Gasteiger partial charge in [-0.15, -0.1) is 0 Å². The number of fused-ring (bicyclic) bond motifs is 1. The van der Waals surface area contributed by atoms with E-state index in [4.69, 9.17) is 11.5 Å². The molecule has 0 aromatic carbocycles. The molecule has 0 amide bonds. The summed E-state index contributed by atoms with van der Waals surface area (Å²) in [5.41, 5.74) is 12.7. The van der Waals surface area contributed by atoms with Crippen molar-refractivity contribution in [2.75, 3.05) is 11.5 Å².